The number of nitrogens with zero attached hydrogens (tertiary/aromatic N) is 3. The van der Waals surface area contributed by atoms with E-state index in [1.165, 1.54) is 0 Å². The smallest absolute Gasteiger partial charge is 0.255 e. The second-order valence-electron chi connectivity index (χ2n) is 4.12. The van der Waals surface area contributed by atoms with Crippen LogP contribution in [0, 0.1) is 0 Å². The summed E-state index contributed by atoms with van der Waals surface area (Å²) in [5, 5.41) is 3.15. The Bertz CT molecular complexity index is 620. The highest BCUT2D eigenvalue weighted by atomic mass is 35.5. The Morgan fingerprint density at radius 1 is 1.21 bits per heavy atom. The molecular weight excluding hydrogens is 266 g/mol. The van der Waals surface area contributed by atoms with Gasteiger partial charge in [0.15, 0.2) is 18.2 Å². The molecule has 0 aliphatic carbocycles. The molecule has 6 nitrogen and oxygen atoms in total. The highest BCUT2D eigenvalue weighted by Gasteiger charge is 2.32. The number of nitrogens with one attached hydrogen (secondary N) is 1. The maximum absolute atomic E-state index is 11.8. The van der Waals surface area contributed by atoms with Crippen molar-refractivity contribution in [2.45, 2.75) is 12.3 Å². The molecular formula is C12H10ClN5O. The van der Waals surface area contributed by atoms with Crippen LogP contribution >= 0.6 is 11.6 Å². The summed E-state index contributed by atoms with van der Waals surface area (Å²) in [5.74, 6) is 0.0507. The zero-order chi connectivity index (χ0) is 13.4. The molecule has 3 N–H and O–H groups in total. The third-order valence-corrected chi connectivity index (χ3v) is 3.03. The van der Waals surface area contributed by atoms with Gasteiger partial charge in [-0.2, -0.15) is 0 Å². The number of hydrogen-bond acceptors (Lipinski definition) is 5. The molecule has 1 aromatic rings. The van der Waals surface area contributed by atoms with Crippen molar-refractivity contribution in [3.8, 4) is 0 Å². The Hall–Kier alpha value is -2.05. The summed E-state index contributed by atoms with van der Waals surface area (Å²) in [6.07, 6.45) is 0.826. The largest absolute Gasteiger partial charge is 0.320 e. The molecule has 0 radical (unpaired) electrons. The van der Waals surface area contributed by atoms with E-state index in [1.54, 1.807) is 18.3 Å². The minimum atomic E-state index is -0.747. The molecule has 0 saturated carbocycles. The van der Waals surface area contributed by atoms with Gasteiger partial charge in [-0.15, -0.1) is 0 Å². The van der Waals surface area contributed by atoms with Gasteiger partial charge in [-0.1, -0.05) is 23.7 Å². The molecule has 0 fully saturated rings. The number of carbonyl (C=O) groups is 1. The third kappa shape index (κ3) is 2.27. The Labute approximate surface area is 114 Å². The van der Waals surface area contributed by atoms with Gasteiger partial charge in [-0.05, 0) is 12.1 Å². The van der Waals surface area contributed by atoms with E-state index in [0.29, 0.717) is 16.6 Å². The molecule has 2 heterocycles. The van der Waals surface area contributed by atoms with E-state index in [2.05, 4.69) is 20.3 Å². The summed E-state index contributed by atoms with van der Waals surface area (Å²) in [6, 6.07) is 6.43. The SMILES string of the molecule is N[C@@H]1N=C2N=CC(c3ccc(Cl)cc3)=N[C@@H]2C(=O)N1. The van der Waals surface area contributed by atoms with Crippen molar-refractivity contribution in [3.05, 3.63) is 34.9 Å². The highest BCUT2D eigenvalue weighted by molar-refractivity contribution is 6.42. The fraction of sp³-hybridized carbons (Fsp3) is 0.167. The van der Waals surface area contributed by atoms with Gasteiger partial charge in [-0.3, -0.25) is 15.5 Å². The lowest BCUT2D eigenvalue weighted by Crippen LogP contribution is -2.53. The van der Waals surface area contributed by atoms with Crippen LogP contribution in [0.5, 0.6) is 0 Å². The van der Waals surface area contributed by atoms with Gasteiger partial charge in [0.25, 0.3) is 5.91 Å². The van der Waals surface area contributed by atoms with Gasteiger partial charge in [-0.25, -0.2) is 9.98 Å². The van der Waals surface area contributed by atoms with Crippen LogP contribution in [0.2, 0.25) is 5.02 Å². The quantitative estimate of drug-likeness (QED) is 0.774. The summed E-state index contributed by atoms with van der Waals surface area (Å²) in [6.45, 7) is 0. The van der Waals surface area contributed by atoms with Crippen molar-refractivity contribution in [3.63, 3.8) is 0 Å². The maximum Gasteiger partial charge on any atom is 0.255 e. The Kier molecular flexibility index (Phi) is 2.88. The van der Waals surface area contributed by atoms with E-state index >= 15 is 0 Å². The molecule has 1 amide bonds. The molecule has 0 unspecified atom stereocenters. The van der Waals surface area contributed by atoms with Crippen LogP contribution in [0.15, 0.2) is 39.2 Å². The van der Waals surface area contributed by atoms with Crippen LogP contribution in [0.3, 0.4) is 0 Å². The lowest BCUT2D eigenvalue weighted by molar-refractivity contribution is -0.121. The first kappa shape index (κ1) is 12.0. The fourth-order valence-electron chi connectivity index (χ4n) is 1.88. The average Bonchev–Trinajstić information content (AvgIpc) is 2.39. The van der Waals surface area contributed by atoms with Crippen molar-refractivity contribution >= 4 is 35.3 Å². The molecule has 0 bridgehead atoms. The first-order chi connectivity index (χ1) is 9.13. The maximum atomic E-state index is 11.8. The normalized spacial score (nSPS) is 25.3. The van der Waals surface area contributed by atoms with Crippen molar-refractivity contribution in [2.24, 2.45) is 20.7 Å². The topological polar surface area (TPSA) is 92.2 Å². The lowest BCUT2D eigenvalue weighted by Gasteiger charge is -2.24. The molecule has 19 heavy (non-hydrogen) atoms. The fourth-order valence-corrected chi connectivity index (χ4v) is 2.00. The number of hydrogen-bond donors (Lipinski definition) is 2. The van der Waals surface area contributed by atoms with Crippen LogP contribution in [-0.4, -0.2) is 36.0 Å². The first-order valence-electron chi connectivity index (χ1n) is 5.65. The van der Waals surface area contributed by atoms with E-state index in [1.807, 2.05) is 12.1 Å². The van der Waals surface area contributed by atoms with Gasteiger partial charge < -0.3 is 5.32 Å². The minimum Gasteiger partial charge on any atom is -0.320 e. The standard InChI is InChI=1S/C12H10ClN5O/c13-7-3-1-6(2-4-7)8-5-15-10-9(16-8)11(19)18-12(14)17-10/h1-5,9,12H,14H2,(H,18,19)/t9-,12+/m0/s1. The van der Waals surface area contributed by atoms with Crippen molar-refractivity contribution in [2.75, 3.05) is 0 Å². The van der Waals surface area contributed by atoms with E-state index in [0.717, 1.165) is 5.56 Å². The summed E-state index contributed by atoms with van der Waals surface area (Å²) in [4.78, 5) is 24.3. The average molecular weight is 276 g/mol. The molecule has 96 valence electrons. The number of carbonyl (C=O) groups excluding carboxylic acids is 1. The second kappa shape index (κ2) is 4.56. The molecule has 0 saturated heterocycles. The Morgan fingerprint density at radius 2 is 1.95 bits per heavy atom. The van der Waals surface area contributed by atoms with Gasteiger partial charge >= 0.3 is 0 Å². The molecule has 2 aliphatic heterocycles. The van der Waals surface area contributed by atoms with Crippen LogP contribution in [-0.2, 0) is 4.79 Å². The molecule has 1 aromatic carbocycles. The number of benzene rings is 1. The zero-order valence-corrected chi connectivity index (χ0v) is 10.5. The number of amidine groups is 1. The number of rotatable bonds is 1. The number of nitrogens with two attached hydrogens (primary N) is 1. The van der Waals surface area contributed by atoms with E-state index in [9.17, 15) is 4.79 Å². The van der Waals surface area contributed by atoms with Crippen LogP contribution in [0.4, 0.5) is 0 Å². The first-order valence-corrected chi connectivity index (χ1v) is 6.03. The van der Waals surface area contributed by atoms with E-state index < -0.39 is 12.3 Å². The summed E-state index contributed by atoms with van der Waals surface area (Å²) < 4.78 is 0. The molecule has 3 rings (SSSR count). The molecule has 0 aromatic heterocycles. The lowest BCUT2D eigenvalue weighted by atomic mass is 10.1. The zero-order valence-electron chi connectivity index (χ0n) is 9.75. The predicted molar refractivity (Wildman–Crippen MR) is 73.8 cm³/mol. The van der Waals surface area contributed by atoms with E-state index in [-0.39, 0.29) is 5.91 Å². The third-order valence-electron chi connectivity index (χ3n) is 2.78. The molecule has 0 spiro atoms. The highest BCUT2D eigenvalue weighted by Crippen LogP contribution is 2.14. The monoisotopic (exact) mass is 275 g/mol. The van der Waals surface area contributed by atoms with Gasteiger partial charge in [0.1, 0.15) is 0 Å². The number of fused-ring (bicyclic) bond motifs is 1. The molecule has 7 heteroatoms. The van der Waals surface area contributed by atoms with Crippen molar-refractivity contribution < 1.29 is 4.79 Å². The van der Waals surface area contributed by atoms with Crippen LogP contribution < -0.4 is 11.1 Å². The number of halogens is 1. The number of aliphatic imine (C=N–C) groups is 3. The van der Waals surface area contributed by atoms with Gasteiger partial charge in [0, 0.05) is 10.6 Å². The van der Waals surface area contributed by atoms with Gasteiger partial charge in [0.2, 0.25) is 0 Å². The Balaban J connectivity index is 1.96. The predicted octanol–water partition coefficient (Wildman–Crippen LogP) is 0.353. The van der Waals surface area contributed by atoms with Crippen LogP contribution in [0.25, 0.3) is 0 Å². The number of amides is 1. The van der Waals surface area contributed by atoms with Crippen LogP contribution in [0.1, 0.15) is 5.56 Å². The Morgan fingerprint density at radius 3 is 2.68 bits per heavy atom. The van der Waals surface area contributed by atoms with Crippen molar-refractivity contribution in [1.29, 1.82) is 0 Å². The molecule has 2 aliphatic rings. The summed E-state index contributed by atoms with van der Waals surface area (Å²) in [7, 11) is 0. The van der Waals surface area contributed by atoms with Gasteiger partial charge in [0.05, 0.1) is 11.9 Å². The summed E-state index contributed by atoms with van der Waals surface area (Å²) in [5.41, 5.74) is 7.00. The minimum absolute atomic E-state index is 0.291. The van der Waals surface area contributed by atoms with Crippen molar-refractivity contribution in [1.82, 2.24) is 5.32 Å². The summed E-state index contributed by atoms with van der Waals surface area (Å²) >= 11 is 5.83. The second-order valence-corrected chi connectivity index (χ2v) is 4.56. The molecule has 2 atom stereocenters. The van der Waals surface area contributed by atoms with E-state index in [4.69, 9.17) is 17.3 Å².